The minimum Gasteiger partial charge on any atom is -0.336 e. The van der Waals surface area contributed by atoms with Crippen molar-refractivity contribution in [3.63, 3.8) is 0 Å². The second-order valence-electron chi connectivity index (χ2n) is 7.87. The van der Waals surface area contributed by atoms with Crippen molar-refractivity contribution in [2.24, 2.45) is 0 Å². The average Bonchev–Trinajstić information content (AvgIpc) is 3.17. The smallest absolute Gasteiger partial charge is 0.274 e. The van der Waals surface area contributed by atoms with Gasteiger partial charge in [-0.3, -0.25) is 9.69 Å². The van der Waals surface area contributed by atoms with E-state index in [4.69, 9.17) is 0 Å². The van der Waals surface area contributed by atoms with Crippen LogP contribution in [0.1, 0.15) is 55.6 Å². The van der Waals surface area contributed by atoms with Crippen LogP contribution < -0.4 is 0 Å². The molecule has 2 aliphatic rings. The van der Waals surface area contributed by atoms with Crippen LogP contribution >= 0.6 is 0 Å². The first-order chi connectivity index (χ1) is 12.0. The summed E-state index contributed by atoms with van der Waals surface area (Å²) in [6, 6.07) is 5.81. The van der Waals surface area contributed by atoms with E-state index in [-0.39, 0.29) is 5.91 Å². The van der Waals surface area contributed by atoms with Crippen molar-refractivity contribution < 1.29 is 4.79 Å². The van der Waals surface area contributed by atoms with Crippen molar-refractivity contribution in [1.29, 1.82) is 0 Å². The molecule has 0 aliphatic carbocycles. The molecule has 0 bridgehead atoms. The number of nitrogens with zero attached hydrogens (tertiary/aromatic N) is 4. The minimum atomic E-state index is 0.0746. The average molecular weight is 340 g/mol. The largest absolute Gasteiger partial charge is 0.336 e. The van der Waals surface area contributed by atoms with E-state index in [9.17, 15) is 4.79 Å². The highest BCUT2D eigenvalue weighted by Gasteiger charge is 2.36. The van der Waals surface area contributed by atoms with Gasteiger partial charge >= 0.3 is 0 Å². The zero-order valence-electron chi connectivity index (χ0n) is 15.5. The van der Waals surface area contributed by atoms with E-state index in [2.05, 4.69) is 23.7 Å². The molecule has 0 saturated carbocycles. The number of carbonyl (C=O) groups excluding carboxylic acids is 1. The Morgan fingerprint density at radius 1 is 1.20 bits per heavy atom. The van der Waals surface area contributed by atoms with Gasteiger partial charge in [-0.05, 0) is 64.2 Å². The lowest BCUT2D eigenvalue weighted by Crippen LogP contribution is -2.52. The third-order valence-electron chi connectivity index (χ3n) is 5.96. The maximum absolute atomic E-state index is 13.0. The number of likely N-dealkylation sites (tertiary alicyclic amines) is 2. The van der Waals surface area contributed by atoms with Crippen molar-refractivity contribution in [1.82, 2.24) is 19.2 Å². The molecule has 0 spiro atoms. The van der Waals surface area contributed by atoms with Crippen LogP contribution in [0, 0.1) is 6.92 Å². The lowest BCUT2D eigenvalue weighted by Gasteiger charge is -2.41. The van der Waals surface area contributed by atoms with Crippen LogP contribution in [0.25, 0.3) is 5.65 Å². The number of hydrogen-bond acceptors (Lipinski definition) is 3. The van der Waals surface area contributed by atoms with Crippen LogP contribution in [-0.2, 0) is 0 Å². The second kappa shape index (κ2) is 6.45. The number of aryl methyl sites for hydroxylation is 1. The highest BCUT2D eigenvalue weighted by atomic mass is 16.2. The number of carbonyl (C=O) groups is 1. The zero-order valence-corrected chi connectivity index (χ0v) is 15.5. The fourth-order valence-corrected chi connectivity index (χ4v) is 4.67. The number of rotatable bonds is 2. The minimum absolute atomic E-state index is 0.0746. The Labute approximate surface area is 149 Å². The molecule has 1 amide bonds. The normalized spacial score (nSPS) is 28.0. The molecule has 2 aromatic rings. The van der Waals surface area contributed by atoms with E-state index in [1.165, 1.54) is 19.3 Å². The van der Waals surface area contributed by atoms with E-state index >= 15 is 0 Å². The van der Waals surface area contributed by atoms with E-state index in [0.29, 0.717) is 23.8 Å². The van der Waals surface area contributed by atoms with Gasteiger partial charge in [0.15, 0.2) is 0 Å². The number of fused-ring (bicyclic) bond motifs is 1. The Bertz CT molecular complexity index is 773. The lowest BCUT2D eigenvalue weighted by atomic mass is 10.0. The molecule has 5 nitrogen and oxygen atoms in total. The molecule has 2 aromatic heterocycles. The predicted molar refractivity (Wildman–Crippen MR) is 98.9 cm³/mol. The van der Waals surface area contributed by atoms with Gasteiger partial charge in [0.2, 0.25) is 0 Å². The molecule has 2 aliphatic heterocycles. The van der Waals surface area contributed by atoms with Crippen LogP contribution in [0.4, 0.5) is 0 Å². The maximum atomic E-state index is 13.0. The van der Waals surface area contributed by atoms with E-state index in [1.807, 2.05) is 40.8 Å². The van der Waals surface area contributed by atoms with Gasteiger partial charge in [0.25, 0.3) is 5.91 Å². The molecule has 134 valence electrons. The van der Waals surface area contributed by atoms with Crippen LogP contribution in [0.2, 0.25) is 0 Å². The third kappa shape index (κ3) is 3.06. The molecule has 4 rings (SSSR count). The second-order valence-corrected chi connectivity index (χ2v) is 7.87. The number of piperidine rings is 1. The van der Waals surface area contributed by atoms with E-state index in [1.54, 1.807) is 0 Å². The fraction of sp³-hybridized carbons (Fsp3) is 0.600. The standard InChI is InChI=1S/C20H28N4O/c1-14-8-10-22-13-18(21-19(22)11-14)20(25)23-9-4-5-17(12-23)24-15(2)6-7-16(24)3/h8,10-11,13,15-17H,4-7,9,12H2,1-3H3/t15-,16+,17-/m1/s1. The Morgan fingerprint density at radius 3 is 2.72 bits per heavy atom. The molecule has 0 unspecified atom stereocenters. The lowest BCUT2D eigenvalue weighted by molar-refractivity contribution is 0.0483. The van der Waals surface area contributed by atoms with Gasteiger partial charge in [-0.25, -0.2) is 4.98 Å². The summed E-state index contributed by atoms with van der Waals surface area (Å²) in [4.78, 5) is 22.2. The van der Waals surface area contributed by atoms with E-state index < -0.39 is 0 Å². The summed E-state index contributed by atoms with van der Waals surface area (Å²) in [5, 5.41) is 0. The van der Waals surface area contributed by atoms with Gasteiger partial charge in [-0.2, -0.15) is 0 Å². The number of aromatic nitrogens is 2. The van der Waals surface area contributed by atoms with Crippen molar-refractivity contribution in [3.8, 4) is 0 Å². The van der Waals surface area contributed by atoms with Crippen molar-refractivity contribution in [2.45, 2.75) is 64.6 Å². The molecule has 4 heterocycles. The summed E-state index contributed by atoms with van der Waals surface area (Å²) in [7, 11) is 0. The van der Waals surface area contributed by atoms with Crippen LogP contribution in [0.5, 0.6) is 0 Å². The quantitative estimate of drug-likeness (QED) is 0.843. The molecule has 0 radical (unpaired) electrons. The summed E-state index contributed by atoms with van der Waals surface area (Å²) in [5.74, 6) is 0.0746. The van der Waals surface area contributed by atoms with Gasteiger partial charge in [-0.1, -0.05) is 0 Å². The van der Waals surface area contributed by atoms with Gasteiger partial charge in [0, 0.05) is 43.6 Å². The summed E-state index contributed by atoms with van der Waals surface area (Å²) >= 11 is 0. The first-order valence-corrected chi connectivity index (χ1v) is 9.55. The molecular formula is C20H28N4O. The first kappa shape index (κ1) is 16.6. The maximum Gasteiger partial charge on any atom is 0.274 e. The first-order valence-electron chi connectivity index (χ1n) is 9.55. The molecule has 2 saturated heterocycles. The molecule has 3 atom stereocenters. The van der Waals surface area contributed by atoms with Gasteiger partial charge in [0.05, 0.1) is 0 Å². The number of imidazole rings is 1. The van der Waals surface area contributed by atoms with Crippen molar-refractivity contribution >= 4 is 11.6 Å². The molecule has 0 aromatic carbocycles. The molecule has 2 fully saturated rings. The predicted octanol–water partition coefficient (Wildman–Crippen LogP) is 3.12. The van der Waals surface area contributed by atoms with Crippen molar-refractivity contribution in [2.75, 3.05) is 13.1 Å². The summed E-state index contributed by atoms with van der Waals surface area (Å²) in [6.07, 6.45) is 8.67. The Balaban J connectivity index is 1.52. The summed E-state index contributed by atoms with van der Waals surface area (Å²) in [5.41, 5.74) is 2.57. The van der Waals surface area contributed by atoms with Crippen LogP contribution in [0.3, 0.4) is 0 Å². The van der Waals surface area contributed by atoms with Crippen molar-refractivity contribution in [3.05, 3.63) is 35.8 Å². The number of pyridine rings is 1. The SMILES string of the molecule is Cc1ccn2cc(C(=O)N3CCC[C@@H](N4[C@H](C)CC[C@@H]4C)C3)nc2c1. The number of hydrogen-bond donors (Lipinski definition) is 0. The van der Waals surface area contributed by atoms with Gasteiger partial charge in [0.1, 0.15) is 11.3 Å². The highest BCUT2D eigenvalue weighted by Crippen LogP contribution is 2.30. The highest BCUT2D eigenvalue weighted by molar-refractivity contribution is 5.93. The van der Waals surface area contributed by atoms with Gasteiger partial charge in [-0.15, -0.1) is 0 Å². The molecule has 25 heavy (non-hydrogen) atoms. The Morgan fingerprint density at radius 2 is 1.96 bits per heavy atom. The Hall–Kier alpha value is -1.88. The molecular weight excluding hydrogens is 312 g/mol. The zero-order chi connectivity index (χ0) is 17.6. The fourth-order valence-electron chi connectivity index (χ4n) is 4.67. The van der Waals surface area contributed by atoms with Gasteiger partial charge < -0.3 is 9.30 Å². The number of amides is 1. The summed E-state index contributed by atoms with van der Waals surface area (Å²) < 4.78 is 1.94. The molecule has 0 N–H and O–H groups in total. The summed E-state index contributed by atoms with van der Waals surface area (Å²) in [6.45, 7) is 8.38. The van der Waals surface area contributed by atoms with Crippen LogP contribution in [-0.4, -0.2) is 56.3 Å². The molecule has 5 heteroatoms. The third-order valence-corrected chi connectivity index (χ3v) is 5.96. The monoisotopic (exact) mass is 340 g/mol. The van der Waals surface area contributed by atoms with Crippen LogP contribution in [0.15, 0.2) is 24.5 Å². The Kier molecular flexibility index (Phi) is 4.28. The topological polar surface area (TPSA) is 40.9 Å². The van der Waals surface area contributed by atoms with E-state index in [0.717, 1.165) is 30.7 Å².